The molecule has 1 aliphatic carbocycles. The van der Waals surface area contributed by atoms with E-state index in [0.717, 1.165) is 42.6 Å². The van der Waals surface area contributed by atoms with Crippen molar-refractivity contribution in [3.8, 4) is 22.8 Å². The largest absolute Gasteiger partial charge is 0.497 e. The molecule has 2 aromatic rings. The Hall–Kier alpha value is -3.33. The maximum atomic E-state index is 13.7. The lowest BCUT2D eigenvalue weighted by Crippen LogP contribution is -2.52. The summed E-state index contributed by atoms with van der Waals surface area (Å²) >= 11 is 0. The summed E-state index contributed by atoms with van der Waals surface area (Å²) in [5.74, 6) is 0.634. The predicted octanol–water partition coefficient (Wildman–Crippen LogP) is 3.56. The molecule has 1 fully saturated rings. The van der Waals surface area contributed by atoms with E-state index in [0.29, 0.717) is 18.7 Å². The molecule has 3 amide bonds. The number of benzene rings is 1. The van der Waals surface area contributed by atoms with Gasteiger partial charge < -0.3 is 29.7 Å². The first-order chi connectivity index (χ1) is 17.8. The van der Waals surface area contributed by atoms with Crippen LogP contribution in [0, 0.1) is 5.92 Å². The molecule has 0 spiro atoms. The average molecular weight is 511 g/mol. The van der Waals surface area contributed by atoms with Crippen molar-refractivity contribution in [2.24, 2.45) is 5.92 Å². The van der Waals surface area contributed by atoms with Crippen LogP contribution in [0.15, 0.2) is 36.5 Å². The van der Waals surface area contributed by atoms with Crippen LogP contribution in [0.5, 0.6) is 11.6 Å². The minimum absolute atomic E-state index is 0.101. The number of carbonyl (C=O) groups is 2. The van der Waals surface area contributed by atoms with Crippen LogP contribution in [0.2, 0.25) is 0 Å². The standard InChI is InChI=1S/C28H38N4O5/c1-18-15-32(19(2)17-33)27(34)24-13-21(20-9-11-23(36-4)12-10-20)14-29-26(24)37-25(18)16-31(3)28(35)30-22-7-5-6-8-22/h9-14,18-19,22,25,33H,5-8,15-17H2,1-4H3,(H,30,35)/t18-,19-,25-/m1/s1. The molecule has 200 valence electrons. The summed E-state index contributed by atoms with van der Waals surface area (Å²) in [5.41, 5.74) is 2.00. The molecule has 0 saturated heterocycles. The Kier molecular flexibility index (Phi) is 8.53. The number of aliphatic hydroxyl groups is 1. The minimum atomic E-state index is -0.390. The number of hydrogen-bond donors (Lipinski definition) is 2. The smallest absolute Gasteiger partial charge is 0.317 e. The van der Waals surface area contributed by atoms with Crippen molar-refractivity contribution >= 4 is 11.9 Å². The van der Waals surface area contributed by atoms with Crippen LogP contribution >= 0.6 is 0 Å². The van der Waals surface area contributed by atoms with Crippen molar-refractivity contribution in [3.63, 3.8) is 0 Å². The number of aromatic nitrogens is 1. The maximum absolute atomic E-state index is 13.7. The molecule has 1 aromatic carbocycles. The number of likely N-dealkylation sites (N-methyl/N-ethyl adjacent to an activating group) is 1. The average Bonchev–Trinajstić information content (AvgIpc) is 3.43. The van der Waals surface area contributed by atoms with Gasteiger partial charge in [-0.05, 0) is 43.5 Å². The van der Waals surface area contributed by atoms with Crippen LogP contribution in [-0.2, 0) is 0 Å². The van der Waals surface area contributed by atoms with Crippen molar-refractivity contribution in [1.29, 1.82) is 0 Å². The second-order valence-corrected chi connectivity index (χ2v) is 10.2. The number of methoxy groups -OCH3 is 1. The van der Waals surface area contributed by atoms with Gasteiger partial charge in [0, 0.05) is 37.3 Å². The first-order valence-corrected chi connectivity index (χ1v) is 13.0. The first kappa shape index (κ1) is 26.7. The predicted molar refractivity (Wildman–Crippen MR) is 141 cm³/mol. The van der Waals surface area contributed by atoms with Gasteiger partial charge >= 0.3 is 6.03 Å². The fourth-order valence-corrected chi connectivity index (χ4v) is 4.97. The van der Waals surface area contributed by atoms with E-state index < -0.39 is 0 Å². The molecule has 0 bridgehead atoms. The van der Waals surface area contributed by atoms with Gasteiger partial charge in [0.25, 0.3) is 5.91 Å². The van der Waals surface area contributed by atoms with E-state index in [1.807, 2.05) is 38.1 Å². The van der Waals surface area contributed by atoms with Gasteiger partial charge in [0.15, 0.2) is 0 Å². The Labute approximate surface area is 218 Å². The molecule has 0 radical (unpaired) electrons. The number of hydrogen-bond acceptors (Lipinski definition) is 6. The Morgan fingerprint density at radius 2 is 1.97 bits per heavy atom. The molecule has 0 unspecified atom stereocenters. The van der Waals surface area contributed by atoms with Gasteiger partial charge in [-0.3, -0.25) is 4.79 Å². The third kappa shape index (κ3) is 6.15. The Balaban J connectivity index is 1.62. The van der Waals surface area contributed by atoms with E-state index in [4.69, 9.17) is 9.47 Å². The zero-order chi connectivity index (χ0) is 26.5. The van der Waals surface area contributed by atoms with Crippen molar-refractivity contribution in [3.05, 3.63) is 42.1 Å². The second kappa shape index (κ2) is 11.8. The molecule has 4 rings (SSSR count). The molecule has 1 aromatic heterocycles. The lowest BCUT2D eigenvalue weighted by atomic mass is 9.99. The van der Waals surface area contributed by atoms with E-state index in [9.17, 15) is 14.7 Å². The zero-order valence-electron chi connectivity index (χ0n) is 22.1. The van der Waals surface area contributed by atoms with E-state index in [1.165, 1.54) is 0 Å². The van der Waals surface area contributed by atoms with E-state index in [2.05, 4.69) is 10.3 Å². The number of fused-ring (bicyclic) bond motifs is 1. The highest BCUT2D eigenvalue weighted by Gasteiger charge is 2.35. The highest BCUT2D eigenvalue weighted by Crippen LogP contribution is 2.31. The highest BCUT2D eigenvalue weighted by molar-refractivity contribution is 5.98. The zero-order valence-corrected chi connectivity index (χ0v) is 22.1. The lowest BCUT2D eigenvalue weighted by Gasteiger charge is -2.37. The number of nitrogens with zero attached hydrogens (tertiary/aromatic N) is 3. The van der Waals surface area contributed by atoms with Crippen LogP contribution in [0.4, 0.5) is 4.79 Å². The normalized spacial score (nSPS) is 20.9. The molecule has 2 N–H and O–H groups in total. The Bertz CT molecular complexity index is 1090. The van der Waals surface area contributed by atoms with Crippen molar-refractivity contribution in [2.75, 3.05) is 33.9 Å². The summed E-state index contributed by atoms with van der Waals surface area (Å²) in [6, 6.07) is 9.04. The molecule has 2 aliphatic rings. The minimum Gasteiger partial charge on any atom is -0.497 e. The van der Waals surface area contributed by atoms with E-state index in [1.54, 1.807) is 36.2 Å². The maximum Gasteiger partial charge on any atom is 0.317 e. The SMILES string of the molecule is COc1ccc(-c2cnc3c(c2)C(=O)N([C@H](C)CO)C[C@@H](C)[C@@H](CN(C)C(=O)NC2CCCC2)O3)cc1. The van der Waals surface area contributed by atoms with Gasteiger partial charge in [-0.2, -0.15) is 0 Å². The fraction of sp³-hybridized carbons (Fsp3) is 0.536. The number of pyridine rings is 1. The lowest BCUT2D eigenvalue weighted by molar-refractivity contribution is 0.0351. The van der Waals surface area contributed by atoms with Gasteiger partial charge in [-0.25, -0.2) is 9.78 Å². The molecular formula is C28H38N4O5. The summed E-state index contributed by atoms with van der Waals surface area (Å²) in [4.78, 5) is 34.4. The molecule has 9 heteroatoms. The molecule has 1 saturated carbocycles. The Morgan fingerprint density at radius 3 is 2.62 bits per heavy atom. The van der Waals surface area contributed by atoms with Gasteiger partial charge in [0.05, 0.1) is 26.3 Å². The third-order valence-electron chi connectivity index (χ3n) is 7.43. The topological polar surface area (TPSA) is 104 Å². The molecule has 1 aliphatic heterocycles. The van der Waals surface area contributed by atoms with E-state index in [-0.39, 0.29) is 48.5 Å². The summed E-state index contributed by atoms with van der Waals surface area (Å²) in [7, 11) is 3.38. The first-order valence-electron chi connectivity index (χ1n) is 13.0. The van der Waals surface area contributed by atoms with Crippen LogP contribution in [0.3, 0.4) is 0 Å². The van der Waals surface area contributed by atoms with Crippen LogP contribution < -0.4 is 14.8 Å². The van der Waals surface area contributed by atoms with Gasteiger partial charge in [0.2, 0.25) is 5.88 Å². The molecule has 9 nitrogen and oxygen atoms in total. The van der Waals surface area contributed by atoms with Crippen LogP contribution in [0.25, 0.3) is 11.1 Å². The highest BCUT2D eigenvalue weighted by atomic mass is 16.5. The molecule has 2 heterocycles. The van der Waals surface area contributed by atoms with Gasteiger partial charge in [-0.1, -0.05) is 31.9 Å². The van der Waals surface area contributed by atoms with Crippen LogP contribution in [0.1, 0.15) is 49.9 Å². The summed E-state index contributed by atoms with van der Waals surface area (Å²) in [6.45, 7) is 4.39. The van der Waals surface area contributed by atoms with Crippen molar-refractivity contribution < 1.29 is 24.2 Å². The van der Waals surface area contributed by atoms with Crippen molar-refractivity contribution in [2.45, 2.75) is 57.7 Å². The Morgan fingerprint density at radius 1 is 1.27 bits per heavy atom. The van der Waals surface area contributed by atoms with Gasteiger partial charge in [-0.15, -0.1) is 0 Å². The number of amides is 3. The summed E-state index contributed by atoms with van der Waals surface area (Å²) < 4.78 is 11.6. The molecule has 3 atom stereocenters. The summed E-state index contributed by atoms with van der Waals surface area (Å²) in [6.07, 6.45) is 5.61. The number of ether oxygens (including phenoxy) is 2. The van der Waals surface area contributed by atoms with Crippen molar-refractivity contribution in [1.82, 2.24) is 20.1 Å². The van der Waals surface area contributed by atoms with Crippen LogP contribution in [-0.4, -0.2) is 83.9 Å². The number of aliphatic hydroxyl groups excluding tert-OH is 1. The summed E-state index contributed by atoms with van der Waals surface area (Å²) in [5, 5.41) is 13.0. The number of nitrogens with one attached hydrogen (secondary N) is 1. The monoisotopic (exact) mass is 510 g/mol. The van der Waals surface area contributed by atoms with E-state index >= 15 is 0 Å². The number of urea groups is 1. The third-order valence-corrected chi connectivity index (χ3v) is 7.43. The van der Waals surface area contributed by atoms with Gasteiger partial charge in [0.1, 0.15) is 17.4 Å². The fourth-order valence-electron chi connectivity index (χ4n) is 4.97. The number of rotatable bonds is 7. The molecular weight excluding hydrogens is 472 g/mol. The number of carbonyl (C=O) groups excluding carboxylic acids is 2. The second-order valence-electron chi connectivity index (χ2n) is 10.2. The quantitative estimate of drug-likeness (QED) is 0.590. The molecule has 37 heavy (non-hydrogen) atoms.